The molecule has 4 nitrogen and oxygen atoms in total. The summed E-state index contributed by atoms with van der Waals surface area (Å²) in [6, 6.07) is 3.74. The number of amides is 1. The Kier molecular flexibility index (Phi) is 4.88. The Morgan fingerprint density at radius 3 is 2.81 bits per heavy atom. The van der Waals surface area contributed by atoms with Crippen LogP contribution in [0.25, 0.3) is 0 Å². The van der Waals surface area contributed by atoms with E-state index in [1.807, 2.05) is 34.8 Å². The van der Waals surface area contributed by atoms with Crippen molar-refractivity contribution in [3.8, 4) is 0 Å². The number of hydrogen-bond donors (Lipinski definition) is 1. The summed E-state index contributed by atoms with van der Waals surface area (Å²) in [6.07, 6.45) is 6.83. The highest BCUT2D eigenvalue weighted by Crippen LogP contribution is 2.34. The van der Waals surface area contributed by atoms with E-state index in [0.29, 0.717) is 12.2 Å². The average molecular weight is 290 g/mol. The van der Waals surface area contributed by atoms with E-state index in [0.717, 1.165) is 25.8 Å². The standard InChI is InChI=1S/C17H26N2O2/c1-14(2)7-9-17(13-20)8-5-11-19(12-17)16(21)15-6-4-10-18(15)3/h4,6-7,10,20H,5,8-9,11-13H2,1-3H3. The van der Waals surface area contributed by atoms with E-state index in [9.17, 15) is 9.90 Å². The van der Waals surface area contributed by atoms with Crippen LogP contribution in [0.3, 0.4) is 0 Å². The molecule has 1 unspecified atom stereocenters. The van der Waals surface area contributed by atoms with Crippen LogP contribution in [0.2, 0.25) is 0 Å². The van der Waals surface area contributed by atoms with Gasteiger partial charge in [0, 0.05) is 31.7 Å². The van der Waals surface area contributed by atoms with Crippen LogP contribution in [0.1, 0.15) is 43.6 Å². The smallest absolute Gasteiger partial charge is 0.270 e. The van der Waals surface area contributed by atoms with E-state index >= 15 is 0 Å². The van der Waals surface area contributed by atoms with Crippen molar-refractivity contribution in [2.75, 3.05) is 19.7 Å². The van der Waals surface area contributed by atoms with Crippen LogP contribution in [0, 0.1) is 5.41 Å². The lowest BCUT2D eigenvalue weighted by atomic mass is 9.77. The first-order chi connectivity index (χ1) is 9.97. The van der Waals surface area contributed by atoms with E-state index in [4.69, 9.17) is 0 Å². The fourth-order valence-electron chi connectivity index (χ4n) is 3.01. The van der Waals surface area contributed by atoms with Crippen molar-refractivity contribution in [3.63, 3.8) is 0 Å². The normalized spacial score (nSPS) is 22.2. The molecule has 0 aliphatic carbocycles. The lowest BCUT2D eigenvalue weighted by Gasteiger charge is -2.41. The first-order valence-electron chi connectivity index (χ1n) is 7.62. The summed E-state index contributed by atoms with van der Waals surface area (Å²) in [5, 5.41) is 9.87. The molecule has 1 amide bonds. The number of aromatic nitrogens is 1. The SMILES string of the molecule is CC(C)=CCC1(CO)CCCN(C(=O)c2cccn2C)C1. The Balaban J connectivity index is 2.14. The molecule has 4 heteroatoms. The third kappa shape index (κ3) is 3.56. The molecule has 1 aliphatic heterocycles. The number of hydrogen-bond acceptors (Lipinski definition) is 2. The Hall–Kier alpha value is -1.55. The van der Waals surface area contributed by atoms with Crippen LogP contribution in [0.4, 0.5) is 0 Å². The van der Waals surface area contributed by atoms with Gasteiger partial charge in [-0.05, 0) is 45.2 Å². The molecule has 1 saturated heterocycles. The molecule has 1 fully saturated rings. The van der Waals surface area contributed by atoms with Crippen LogP contribution in [0.5, 0.6) is 0 Å². The molecule has 0 bridgehead atoms. The largest absolute Gasteiger partial charge is 0.396 e. The van der Waals surface area contributed by atoms with Gasteiger partial charge in [0.05, 0.1) is 6.61 Å². The zero-order valence-corrected chi connectivity index (χ0v) is 13.3. The molecular formula is C17H26N2O2. The number of carbonyl (C=O) groups is 1. The van der Waals surface area contributed by atoms with Crippen LogP contribution in [-0.2, 0) is 7.05 Å². The number of likely N-dealkylation sites (tertiary alicyclic amines) is 1. The summed E-state index contributed by atoms with van der Waals surface area (Å²) in [5.41, 5.74) is 1.79. The van der Waals surface area contributed by atoms with E-state index in [2.05, 4.69) is 19.9 Å². The monoisotopic (exact) mass is 290 g/mol. The number of allylic oxidation sites excluding steroid dienone is 2. The number of piperidine rings is 1. The van der Waals surface area contributed by atoms with Crippen LogP contribution < -0.4 is 0 Å². The maximum absolute atomic E-state index is 12.6. The Labute approximate surface area is 127 Å². The summed E-state index contributed by atoms with van der Waals surface area (Å²) in [4.78, 5) is 14.5. The molecule has 0 radical (unpaired) electrons. The molecule has 0 aromatic carbocycles. The Morgan fingerprint density at radius 2 is 2.24 bits per heavy atom. The molecule has 1 N–H and O–H groups in total. The van der Waals surface area contributed by atoms with Crippen LogP contribution in [0.15, 0.2) is 30.0 Å². The number of aliphatic hydroxyl groups is 1. The van der Waals surface area contributed by atoms with Gasteiger partial charge in [0.25, 0.3) is 5.91 Å². The van der Waals surface area contributed by atoms with E-state index in [1.54, 1.807) is 0 Å². The van der Waals surface area contributed by atoms with Gasteiger partial charge in [-0.1, -0.05) is 11.6 Å². The van der Waals surface area contributed by atoms with Gasteiger partial charge in [-0.3, -0.25) is 4.79 Å². The van der Waals surface area contributed by atoms with Gasteiger partial charge in [-0.15, -0.1) is 0 Å². The Bertz CT molecular complexity index is 529. The first-order valence-corrected chi connectivity index (χ1v) is 7.62. The van der Waals surface area contributed by atoms with Crippen LogP contribution in [-0.4, -0.2) is 40.2 Å². The maximum atomic E-state index is 12.6. The van der Waals surface area contributed by atoms with Gasteiger partial charge in [0.1, 0.15) is 5.69 Å². The second kappa shape index (κ2) is 6.48. The highest BCUT2D eigenvalue weighted by molar-refractivity contribution is 5.92. The molecule has 0 spiro atoms. The highest BCUT2D eigenvalue weighted by Gasteiger charge is 2.36. The maximum Gasteiger partial charge on any atom is 0.270 e. The molecule has 1 aliphatic rings. The van der Waals surface area contributed by atoms with E-state index in [-0.39, 0.29) is 17.9 Å². The minimum Gasteiger partial charge on any atom is -0.396 e. The molecule has 116 valence electrons. The van der Waals surface area contributed by atoms with Gasteiger partial charge in [-0.2, -0.15) is 0 Å². The number of aliphatic hydroxyl groups excluding tert-OH is 1. The molecule has 2 rings (SSSR count). The molecule has 1 atom stereocenters. The quantitative estimate of drug-likeness (QED) is 0.866. The van der Waals surface area contributed by atoms with Crippen molar-refractivity contribution in [3.05, 3.63) is 35.7 Å². The van der Waals surface area contributed by atoms with Gasteiger partial charge in [0.2, 0.25) is 0 Å². The number of aryl methyl sites for hydroxylation is 1. The third-order valence-electron chi connectivity index (χ3n) is 4.39. The second-order valence-electron chi connectivity index (χ2n) is 6.48. The molecule has 2 heterocycles. The lowest BCUT2D eigenvalue weighted by Crippen LogP contribution is -2.48. The van der Waals surface area contributed by atoms with Crippen molar-refractivity contribution >= 4 is 5.91 Å². The molecule has 21 heavy (non-hydrogen) atoms. The van der Waals surface area contributed by atoms with E-state index in [1.165, 1.54) is 5.57 Å². The zero-order chi connectivity index (χ0) is 15.5. The fourth-order valence-corrected chi connectivity index (χ4v) is 3.01. The van der Waals surface area contributed by atoms with Gasteiger partial charge < -0.3 is 14.6 Å². The van der Waals surface area contributed by atoms with E-state index < -0.39 is 0 Å². The molecule has 0 saturated carbocycles. The summed E-state index contributed by atoms with van der Waals surface area (Å²) < 4.78 is 1.85. The first kappa shape index (κ1) is 15.8. The zero-order valence-electron chi connectivity index (χ0n) is 13.3. The molecule has 1 aromatic rings. The van der Waals surface area contributed by atoms with Crippen molar-refractivity contribution in [2.45, 2.75) is 33.1 Å². The molecular weight excluding hydrogens is 264 g/mol. The minimum absolute atomic E-state index is 0.0669. The third-order valence-corrected chi connectivity index (χ3v) is 4.39. The summed E-state index contributed by atoms with van der Waals surface area (Å²) in [6.45, 7) is 5.69. The summed E-state index contributed by atoms with van der Waals surface area (Å²) in [5.74, 6) is 0.0669. The second-order valence-corrected chi connectivity index (χ2v) is 6.48. The minimum atomic E-state index is -0.184. The summed E-state index contributed by atoms with van der Waals surface area (Å²) >= 11 is 0. The van der Waals surface area contributed by atoms with Gasteiger partial charge in [0.15, 0.2) is 0 Å². The van der Waals surface area contributed by atoms with Gasteiger partial charge in [-0.25, -0.2) is 0 Å². The lowest BCUT2D eigenvalue weighted by molar-refractivity contribution is 0.0278. The predicted molar refractivity (Wildman–Crippen MR) is 84.1 cm³/mol. The number of carbonyl (C=O) groups excluding carboxylic acids is 1. The summed E-state index contributed by atoms with van der Waals surface area (Å²) in [7, 11) is 1.89. The Morgan fingerprint density at radius 1 is 1.48 bits per heavy atom. The van der Waals surface area contributed by atoms with Crippen molar-refractivity contribution < 1.29 is 9.90 Å². The number of nitrogens with zero attached hydrogens (tertiary/aromatic N) is 2. The predicted octanol–water partition coefficient (Wildman–Crippen LogP) is 2.60. The van der Waals surface area contributed by atoms with Crippen molar-refractivity contribution in [1.82, 2.24) is 9.47 Å². The average Bonchev–Trinajstić information content (AvgIpc) is 2.91. The topological polar surface area (TPSA) is 45.5 Å². The fraction of sp³-hybridized carbons (Fsp3) is 0.588. The van der Waals surface area contributed by atoms with Crippen LogP contribution >= 0.6 is 0 Å². The van der Waals surface area contributed by atoms with Crippen molar-refractivity contribution in [2.24, 2.45) is 12.5 Å². The highest BCUT2D eigenvalue weighted by atomic mass is 16.3. The number of rotatable bonds is 4. The van der Waals surface area contributed by atoms with Gasteiger partial charge >= 0.3 is 0 Å². The van der Waals surface area contributed by atoms with Crippen molar-refractivity contribution in [1.29, 1.82) is 0 Å². The molecule has 1 aromatic heterocycles.